The number of ether oxygens (including phenoxy) is 1. The lowest BCUT2D eigenvalue weighted by Gasteiger charge is -2.09. The number of hydrogen-bond donors (Lipinski definition) is 0. The van der Waals surface area contributed by atoms with Gasteiger partial charge in [0.25, 0.3) is 0 Å². The molecular weight excluding hydrogens is 324 g/mol. The number of esters is 1. The van der Waals surface area contributed by atoms with E-state index < -0.39 is 0 Å². The molecule has 3 aromatic rings. The minimum atomic E-state index is -0.332. The molecule has 122 valence electrons. The fraction of sp³-hybridized carbons (Fsp3) is 0.158. The second-order valence-corrected chi connectivity index (χ2v) is 5.73. The molecule has 0 amide bonds. The zero-order valence-electron chi connectivity index (χ0n) is 13.5. The Morgan fingerprint density at radius 3 is 2.46 bits per heavy atom. The van der Waals surface area contributed by atoms with Crippen LogP contribution in [0.4, 0.5) is 0 Å². The molecule has 1 aromatic heterocycles. The van der Waals surface area contributed by atoms with Crippen molar-refractivity contribution in [1.82, 2.24) is 9.55 Å². The van der Waals surface area contributed by atoms with Crippen molar-refractivity contribution < 1.29 is 9.53 Å². The molecule has 0 aliphatic heterocycles. The van der Waals surface area contributed by atoms with Gasteiger partial charge in [0, 0.05) is 24.6 Å². The molecule has 0 radical (unpaired) electrons. The van der Waals surface area contributed by atoms with Crippen molar-refractivity contribution in [3.8, 4) is 28.5 Å². The van der Waals surface area contributed by atoms with E-state index in [4.69, 9.17) is 16.3 Å². The Morgan fingerprint density at radius 1 is 1.12 bits per heavy atom. The molecule has 0 aliphatic carbocycles. The molecule has 0 N–H and O–H groups in total. The van der Waals surface area contributed by atoms with E-state index in [0.717, 1.165) is 11.1 Å². The number of halogens is 1. The summed E-state index contributed by atoms with van der Waals surface area (Å²) in [6.07, 6.45) is 0.277. The maximum absolute atomic E-state index is 11.8. The quantitative estimate of drug-likeness (QED) is 0.645. The second-order valence-electron chi connectivity index (χ2n) is 5.32. The summed E-state index contributed by atoms with van der Waals surface area (Å²) < 4.78 is 7.36. The van der Waals surface area contributed by atoms with Crippen LogP contribution in [-0.2, 0) is 11.8 Å². The van der Waals surface area contributed by atoms with Gasteiger partial charge in [-0.15, -0.1) is 0 Å². The fourth-order valence-corrected chi connectivity index (χ4v) is 2.74. The summed E-state index contributed by atoms with van der Waals surface area (Å²) in [5.41, 5.74) is 2.39. The lowest BCUT2D eigenvalue weighted by Crippen LogP contribution is -2.07. The highest BCUT2D eigenvalue weighted by atomic mass is 35.5. The highest BCUT2D eigenvalue weighted by Crippen LogP contribution is 2.37. The van der Waals surface area contributed by atoms with E-state index in [-0.39, 0.29) is 18.3 Å². The van der Waals surface area contributed by atoms with Gasteiger partial charge < -0.3 is 9.30 Å². The third-order valence-electron chi connectivity index (χ3n) is 3.72. The SMILES string of the molecule is CCC(=O)Oc1nc(-c2ccccc2)n(C)c1-c1ccccc1Cl. The maximum Gasteiger partial charge on any atom is 0.312 e. The molecule has 24 heavy (non-hydrogen) atoms. The molecule has 0 saturated heterocycles. The number of carbonyl (C=O) groups is 1. The van der Waals surface area contributed by atoms with E-state index in [2.05, 4.69) is 4.98 Å². The Hall–Kier alpha value is -2.59. The number of benzene rings is 2. The Kier molecular flexibility index (Phi) is 4.67. The summed E-state index contributed by atoms with van der Waals surface area (Å²) in [6, 6.07) is 17.2. The van der Waals surface area contributed by atoms with Crippen molar-refractivity contribution in [3.63, 3.8) is 0 Å². The van der Waals surface area contributed by atoms with E-state index in [1.54, 1.807) is 13.0 Å². The first-order chi connectivity index (χ1) is 11.6. The predicted octanol–water partition coefficient (Wildman–Crippen LogP) is 4.72. The standard InChI is InChI=1S/C19H17ClN2O2/c1-3-16(23)24-19-17(14-11-7-8-12-15(14)20)22(2)18(21-19)13-9-5-4-6-10-13/h4-12H,3H2,1-2H3. The van der Waals surface area contributed by atoms with Crippen LogP contribution >= 0.6 is 11.6 Å². The molecular formula is C19H17ClN2O2. The average molecular weight is 341 g/mol. The van der Waals surface area contributed by atoms with Crippen LogP contribution in [0.2, 0.25) is 5.02 Å². The normalized spacial score (nSPS) is 10.6. The van der Waals surface area contributed by atoms with Crippen LogP contribution in [0.25, 0.3) is 22.6 Å². The number of carbonyl (C=O) groups excluding carboxylic acids is 1. The summed E-state index contributed by atoms with van der Waals surface area (Å²) in [7, 11) is 1.89. The lowest BCUT2D eigenvalue weighted by molar-refractivity contribution is -0.134. The molecule has 5 heteroatoms. The van der Waals surface area contributed by atoms with E-state index in [9.17, 15) is 4.79 Å². The molecule has 0 aliphatic rings. The van der Waals surface area contributed by atoms with Crippen LogP contribution in [0, 0.1) is 0 Å². The van der Waals surface area contributed by atoms with Crippen LogP contribution in [0.5, 0.6) is 5.88 Å². The van der Waals surface area contributed by atoms with Crippen molar-refractivity contribution >= 4 is 17.6 Å². The molecule has 0 unspecified atom stereocenters. The molecule has 0 fully saturated rings. The minimum Gasteiger partial charge on any atom is -0.405 e. The summed E-state index contributed by atoms with van der Waals surface area (Å²) in [5.74, 6) is 0.654. The first-order valence-corrected chi connectivity index (χ1v) is 8.07. The Labute approximate surface area is 145 Å². The second kappa shape index (κ2) is 6.89. The van der Waals surface area contributed by atoms with Gasteiger partial charge in [0.15, 0.2) is 0 Å². The molecule has 4 nitrogen and oxygen atoms in total. The van der Waals surface area contributed by atoms with Crippen LogP contribution < -0.4 is 4.74 Å². The summed E-state index contributed by atoms with van der Waals surface area (Å²) in [4.78, 5) is 16.3. The topological polar surface area (TPSA) is 44.1 Å². The van der Waals surface area contributed by atoms with Gasteiger partial charge in [-0.25, -0.2) is 0 Å². The van der Waals surface area contributed by atoms with Crippen molar-refractivity contribution in [2.45, 2.75) is 13.3 Å². The summed E-state index contributed by atoms with van der Waals surface area (Å²) >= 11 is 6.35. The van der Waals surface area contributed by atoms with Crippen molar-refractivity contribution in [2.75, 3.05) is 0 Å². The van der Waals surface area contributed by atoms with E-state index >= 15 is 0 Å². The summed E-state index contributed by atoms with van der Waals surface area (Å²) in [5, 5.41) is 0.578. The van der Waals surface area contributed by atoms with E-state index in [1.807, 2.05) is 60.1 Å². The number of rotatable bonds is 4. The molecule has 0 saturated carbocycles. The lowest BCUT2D eigenvalue weighted by atomic mass is 10.1. The third-order valence-corrected chi connectivity index (χ3v) is 4.05. The van der Waals surface area contributed by atoms with Crippen molar-refractivity contribution in [1.29, 1.82) is 0 Å². The van der Waals surface area contributed by atoms with Crippen LogP contribution in [-0.4, -0.2) is 15.5 Å². The van der Waals surface area contributed by atoms with Gasteiger partial charge in [0.2, 0.25) is 5.88 Å². The Balaban J connectivity index is 2.20. The monoisotopic (exact) mass is 340 g/mol. The molecule has 3 rings (SSSR count). The van der Waals surface area contributed by atoms with Gasteiger partial charge in [-0.2, -0.15) is 4.98 Å². The molecule has 0 atom stereocenters. The van der Waals surface area contributed by atoms with E-state index in [0.29, 0.717) is 16.5 Å². The predicted molar refractivity (Wildman–Crippen MR) is 95.0 cm³/mol. The number of imidazole rings is 1. The zero-order valence-corrected chi connectivity index (χ0v) is 14.2. The first kappa shape index (κ1) is 16.3. The van der Waals surface area contributed by atoms with Gasteiger partial charge in [-0.3, -0.25) is 4.79 Å². The van der Waals surface area contributed by atoms with Crippen LogP contribution in [0.1, 0.15) is 13.3 Å². The van der Waals surface area contributed by atoms with Gasteiger partial charge in [-0.05, 0) is 6.07 Å². The van der Waals surface area contributed by atoms with Gasteiger partial charge >= 0.3 is 5.97 Å². The maximum atomic E-state index is 11.8. The molecule has 0 bridgehead atoms. The average Bonchev–Trinajstić information content (AvgIpc) is 2.92. The number of aromatic nitrogens is 2. The third kappa shape index (κ3) is 3.05. The summed E-state index contributed by atoms with van der Waals surface area (Å²) in [6.45, 7) is 1.75. The molecule has 1 heterocycles. The number of nitrogens with zero attached hydrogens (tertiary/aromatic N) is 2. The van der Waals surface area contributed by atoms with E-state index in [1.165, 1.54) is 0 Å². The Bertz CT molecular complexity index is 872. The first-order valence-electron chi connectivity index (χ1n) is 7.69. The van der Waals surface area contributed by atoms with Gasteiger partial charge in [-0.1, -0.05) is 67.1 Å². The minimum absolute atomic E-state index is 0.274. The van der Waals surface area contributed by atoms with Crippen LogP contribution in [0.15, 0.2) is 54.6 Å². The highest BCUT2D eigenvalue weighted by molar-refractivity contribution is 6.33. The fourth-order valence-electron chi connectivity index (χ4n) is 2.52. The highest BCUT2D eigenvalue weighted by Gasteiger charge is 2.22. The van der Waals surface area contributed by atoms with Gasteiger partial charge in [0.05, 0.1) is 5.02 Å². The van der Waals surface area contributed by atoms with Crippen LogP contribution in [0.3, 0.4) is 0 Å². The van der Waals surface area contributed by atoms with Crippen molar-refractivity contribution in [3.05, 3.63) is 59.6 Å². The Morgan fingerprint density at radius 2 is 1.79 bits per heavy atom. The molecule has 0 spiro atoms. The smallest absolute Gasteiger partial charge is 0.312 e. The zero-order chi connectivity index (χ0) is 17.1. The number of hydrogen-bond acceptors (Lipinski definition) is 3. The van der Waals surface area contributed by atoms with Gasteiger partial charge in [0.1, 0.15) is 11.5 Å². The van der Waals surface area contributed by atoms with Crippen molar-refractivity contribution in [2.24, 2.45) is 7.05 Å². The molecule has 2 aromatic carbocycles. The largest absolute Gasteiger partial charge is 0.405 e.